The van der Waals surface area contributed by atoms with Crippen LogP contribution in [0.25, 0.3) is 0 Å². The van der Waals surface area contributed by atoms with Gasteiger partial charge in [-0.25, -0.2) is 8.42 Å². The molecule has 26 heavy (non-hydrogen) atoms. The molecule has 0 bridgehead atoms. The number of carbonyl (C=O) groups excluding carboxylic acids is 1. The molecule has 0 N–H and O–H groups in total. The third kappa shape index (κ3) is 2.99. The molecule has 3 atom stereocenters. The summed E-state index contributed by atoms with van der Waals surface area (Å²) in [6.45, 7) is 1.54. The molecule has 3 heterocycles. The number of nitrogens with zero attached hydrogens (tertiary/aromatic N) is 4. The summed E-state index contributed by atoms with van der Waals surface area (Å²) in [6, 6.07) is 11.1. The number of benzene rings is 1. The first-order valence-electron chi connectivity index (χ1n) is 8.53. The summed E-state index contributed by atoms with van der Waals surface area (Å²) in [4.78, 5) is 14.5. The van der Waals surface area contributed by atoms with Crippen molar-refractivity contribution >= 4 is 15.9 Å². The van der Waals surface area contributed by atoms with Gasteiger partial charge < -0.3 is 4.90 Å². The van der Waals surface area contributed by atoms with Crippen molar-refractivity contribution in [3.05, 3.63) is 59.9 Å². The molecule has 7 nitrogen and oxygen atoms in total. The molecule has 2 fully saturated rings. The maximum Gasteiger partial charge on any atom is 0.255 e. The van der Waals surface area contributed by atoms with E-state index >= 15 is 0 Å². The maximum atomic E-state index is 12.7. The molecule has 136 valence electrons. The summed E-state index contributed by atoms with van der Waals surface area (Å²) in [5.74, 6) is 0.145. The molecule has 0 aliphatic carbocycles. The molecular weight excluding hydrogens is 352 g/mol. The van der Waals surface area contributed by atoms with Crippen LogP contribution in [0.5, 0.6) is 0 Å². The van der Waals surface area contributed by atoms with Crippen molar-refractivity contribution in [2.24, 2.45) is 11.8 Å². The van der Waals surface area contributed by atoms with Gasteiger partial charge in [0, 0.05) is 25.6 Å². The van der Waals surface area contributed by atoms with Crippen LogP contribution >= 0.6 is 0 Å². The molecule has 1 amide bonds. The van der Waals surface area contributed by atoms with Gasteiger partial charge in [-0.2, -0.15) is 14.5 Å². The second kappa shape index (κ2) is 6.44. The minimum Gasteiger partial charge on any atom is -0.338 e. The van der Waals surface area contributed by atoms with E-state index < -0.39 is 10.0 Å². The number of rotatable bonds is 3. The van der Waals surface area contributed by atoms with Gasteiger partial charge in [0.25, 0.3) is 5.91 Å². The highest BCUT2D eigenvalue weighted by molar-refractivity contribution is 7.88. The lowest BCUT2D eigenvalue weighted by Crippen LogP contribution is -2.37. The number of carbonyl (C=O) groups is 1. The lowest BCUT2D eigenvalue weighted by molar-refractivity contribution is 0.0773. The molecule has 0 saturated carbocycles. The summed E-state index contributed by atoms with van der Waals surface area (Å²) in [5, 5.41) is 7.48. The van der Waals surface area contributed by atoms with E-state index in [0.717, 1.165) is 5.56 Å². The van der Waals surface area contributed by atoms with Crippen molar-refractivity contribution in [3.8, 4) is 0 Å². The van der Waals surface area contributed by atoms with E-state index in [4.69, 9.17) is 0 Å². The van der Waals surface area contributed by atoms with Crippen molar-refractivity contribution in [2.45, 2.75) is 6.04 Å². The van der Waals surface area contributed by atoms with E-state index in [0.29, 0.717) is 25.2 Å². The molecule has 1 aromatic carbocycles. The van der Waals surface area contributed by atoms with Crippen LogP contribution in [-0.4, -0.2) is 59.6 Å². The van der Waals surface area contributed by atoms with Gasteiger partial charge in [-0.05, 0) is 17.5 Å². The highest BCUT2D eigenvalue weighted by atomic mass is 32.2. The molecule has 4 rings (SSSR count). The Morgan fingerprint density at radius 3 is 2.50 bits per heavy atom. The lowest BCUT2D eigenvalue weighted by atomic mass is 9.90. The standard InChI is InChI=1S/C18H20N4O3S/c1-26(24,25)22-11-15-10-21(18(23)14-7-8-19-20-9-14)12-16(15)17(22)13-5-3-2-4-6-13/h2-9,15-17H,10-12H2,1H3/t15-,16-,17+/m1/s1. The van der Waals surface area contributed by atoms with E-state index in [9.17, 15) is 13.2 Å². The van der Waals surface area contributed by atoms with Gasteiger partial charge in [0.1, 0.15) is 0 Å². The zero-order valence-electron chi connectivity index (χ0n) is 14.4. The zero-order valence-corrected chi connectivity index (χ0v) is 15.2. The van der Waals surface area contributed by atoms with Crippen molar-refractivity contribution in [1.29, 1.82) is 0 Å². The SMILES string of the molecule is CS(=O)(=O)N1C[C@H]2CN(C(=O)c3ccnnc3)C[C@H]2[C@@H]1c1ccccc1. The molecule has 2 aliphatic rings. The molecule has 8 heteroatoms. The Morgan fingerprint density at radius 1 is 1.08 bits per heavy atom. The topological polar surface area (TPSA) is 83.5 Å². The molecule has 1 aromatic heterocycles. The predicted molar refractivity (Wildman–Crippen MR) is 95.6 cm³/mol. The van der Waals surface area contributed by atoms with Gasteiger partial charge in [0.05, 0.1) is 30.3 Å². The summed E-state index contributed by atoms with van der Waals surface area (Å²) >= 11 is 0. The van der Waals surface area contributed by atoms with Crippen molar-refractivity contribution < 1.29 is 13.2 Å². The fourth-order valence-electron chi connectivity index (χ4n) is 4.18. The number of hydrogen-bond acceptors (Lipinski definition) is 5. The van der Waals surface area contributed by atoms with Crippen molar-refractivity contribution in [1.82, 2.24) is 19.4 Å². The minimum atomic E-state index is -3.32. The smallest absolute Gasteiger partial charge is 0.255 e. The average Bonchev–Trinajstić information content (AvgIpc) is 3.20. The second-order valence-corrected chi connectivity index (χ2v) is 8.89. The summed E-state index contributed by atoms with van der Waals surface area (Å²) in [5.41, 5.74) is 1.49. The summed E-state index contributed by atoms with van der Waals surface area (Å²) < 4.78 is 26.2. The number of likely N-dealkylation sites (tertiary alicyclic amines) is 1. The molecular formula is C18H20N4O3S. The average molecular weight is 372 g/mol. The number of sulfonamides is 1. The monoisotopic (exact) mass is 372 g/mol. The van der Waals surface area contributed by atoms with Crippen LogP contribution in [0.15, 0.2) is 48.8 Å². The zero-order chi connectivity index (χ0) is 18.3. The number of aromatic nitrogens is 2. The van der Waals surface area contributed by atoms with Gasteiger partial charge in [0.15, 0.2) is 0 Å². The minimum absolute atomic E-state index is 0.0768. The quantitative estimate of drug-likeness (QED) is 0.808. The fraction of sp³-hybridized carbons (Fsp3) is 0.389. The van der Waals surface area contributed by atoms with Crippen LogP contribution in [0.3, 0.4) is 0 Å². The second-order valence-electron chi connectivity index (χ2n) is 6.95. The van der Waals surface area contributed by atoms with Crippen LogP contribution in [-0.2, 0) is 10.0 Å². The molecule has 2 aromatic rings. The number of hydrogen-bond donors (Lipinski definition) is 0. The van der Waals surface area contributed by atoms with Crippen molar-refractivity contribution in [3.63, 3.8) is 0 Å². The highest BCUT2D eigenvalue weighted by Gasteiger charge is 2.51. The first-order chi connectivity index (χ1) is 12.4. The van der Waals surface area contributed by atoms with Crippen LogP contribution in [0, 0.1) is 11.8 Å². The number of amides is 1. The van der Waals surface area contributed by atoms with E-state index in [1.54, 1.807) is 10.4 Å². The first kappa shape index (κ1) is 17.1. The van der Waals surface area contributed by atoms with Crippen LogP contribution in [0.1, 0.15) is 22.0 Å². The fourth-order valence-corrected chi connectivity index (χ4v) is 5.33. The van der Waals surface area contributed by atoms with Gasteiger partial charge in [-0.1, -0.05) is 30.3 Å². The Bertz CT molecular complexity index is 905. The summed E-state index contributed by atoms with van der Waals surface area (Å²) in [6.07, 6.45) is 4.23. The van der Waals surface area contributed by atoms with Crippen molar-refractivity contribution in [2.75, 3.05) is 25.9 Å². The van der Waals surface area contributed by atoms with E-state index in [-0.39, 0.29) is 23.8 Å². The van der Waals surface area contributed by atoms with E-state index in [1.165, 1.54) is 18.6 Å². The Balaban J connectivity index is 1.62. The first-order valence-corrected chi connectivity index (χ1v) is 10.4. The van der Waals surface area contributed by atoms with Crippen LogP contribution in [0.2, 0.25) is 0 Å². The molecule has 2 saturated heterocycles. The molecule has 2 aliphatic heterocycles. The van der Waals surface area contributed by atoms with Gasteiger partial charge in [0.2, 0.25) is 10.0 Å². The third-order valence-electron chi connectivity index (χ3n) is 5.31. The predicted octanol–water partition coefficient (Wildman–Crippen LogP) is 1.18. The Kier molecular flexibility index (Phi) is 4.24. The normalized spacial score (nSPS) is 26.0. The number of fused-ring (bicyclic) bond motifs is 1. The van der Waals surface area contributed by atoms with Gasteiger partial charge in [-0.15, -0.1) is 0 Å². The highest BCUT2D eigenvalue weighted by Crippen LogP contribution is 2.46. The Hall–Kier alpha value is -2.32. The summed E-state index contributed by atoms with van der Waals surface area (Å²) in [7, 11) is -3.32. The lowest BCUT2D eigenvalue weighted by Gasteiger charge is -2.28. The Morgan fingerprint density at radius 2 is 1.85 bits per heavy atom. The molecule has 0 unspecified atom stereocenters. The Labute approximate surface area is 152 Å². The van der Waals surface area contributed by atoms with Gasteiger partial charge >= 0.3 is 0 Å². The van der Waals surface area contributed by atoms with Gasteiger partial charge in [-0.3, -0.25) is 4.79 Å². The van der Waals surface area contributed by atoms with Crippen LogP contribution in [0.4, 0.5) is 0 Å². The van der Waals surface area contributed by atoms with E-state index in [1.807, 2.05) is 35.2 Å². The molecule has 0 spiro atoms. The largest absolute Gasteiger partial charge is 0.338 e. The third-order valence-corrected chi connectivity index (χ3v) is 6.54. The van der Waals surface area contributed by atoms with Crippen LogP contribution < -0.4 is 0 Å². The van der Waals surface area contributed by atoms with E-state index in [2.05, 4.69) is 10.2 Å². The molecule has 0 radical (unpaired) electrons. The maximum absolute atomic E-state index is 12.7.